The highest BCUT2D eigenvalue weighted by molar-refractivity contribution is 5.93. The molecule has 0 radical (unpaired) electrons. The number of para-hydroxylation sites is 1. The largest absolute Gasteiger partial charge is 0.461 e. The summed E-state index contributed by atoms with van der Waals surface area (Å²) in [5.41, 5.74) is 7.92. The van der Waals surface area contributed by atoms with E-state index in [2.05, 4.69) is 10.1 Å². The van der Waals surface area contributed by atoms with Crippen molar-refractivity contribution in [1.82, 2.24) is 14.8 Å². The first-order valence-electron chi connectivity index (χ1n) is 6.57. The highest BCUT2D eigenvalue weighted by Gasteiger charge is 2.17. The van der Waals surface area contributed by atoms with E-state index in [4.69, 9.17) is 10.5 Å². The second-order valence-corrected chi connectivity index (χ2v) is 4.45. The van der Waals surface area contributed by atoms with Gasteiger partial charge in [-0.3, -0.25) is 4.98 Å². The summed E-state index contributed by atoms with van der Waals surface area (Å²) in [6.07, 6.45) is 3.30. The minimum absolute atomic E-state index is 0.123. The van der Waals surface area contributed by atoms with Crippen molar-refractivity contribution in [3.63, 3.8) is 0 Å². The minimum atomic E-state index is -0.521. The van der Waals surface area contributed by atoms with E-state index in [1.54, 1.807) is 24.0 Å². The number of pyridine rings is 1. The second kappa shape index (κ2) is 5.24. The van der Waals surface area contributed by atoms with Crippen LogP contribution in [-0.4, -0.2) is 27.3 Å². The number of carbonyl (C=O) groups excluding carboxylic acids is 1. The number of rotatable bonds is 3. The van der Waals surface area contributed by atoms with E-state index in [-0.39, 0.29) is 18.0 Å². The molecule has 6 heteroatoms. The van der Waals surface area contributed by atoms with Crippen molar-refractivity contribution in [3.05, 3.63) is 48.4 Å². The van der Waals surface area contributed by atoms with Crippen LogP contribution in [-0.2, 0) is 4.74 Å². The molecule has 0 fully saturated rings. The van der Waals surface area contributed by atoms with Gasteiger partial charge >= 0.3 is 5.97 Å². The molecule has 0 saturated carbocycles. The molecule has 2 heterocycles. The van der Waals surface area contributed by atoms with E-state index in [9.17, 15) is 4.79 Å². The summed E-state index contributed by atoms with van der Waals surface area (Å²) in [5.74, 6) is -0.521. The Kier molecular flexibility index (Phi) is 3.27. The van der Waals surface area contributed by atoms with Crippen molar-refractivity contribution in [3.8, 4) is 5.69 Å². The third-order valence-electron chi connectivity index (χ3n) is 3.08. The van der Waals surface area contributed by atoms with Crippen LogP contribution in [0.1, 0.15) is 17.4 Å². The number of esters is 1. The molecule has 0 aliphatic carbocycles. The number of nitrogens with zero attached hydrogens (tertiary/aromatic N) is 3. The van der Waals surface area contributed by atoms with Gasteiger partial charge in [0.05, 0.1) is 29.7 Å². The molecule has 0 bridgehead atoms. The molecule has 0 amide bonds. The van der Waals surface area contributed by atoms with Gasteiger partial charge in [-0.2, -0.15) is 5.10 Å². The monoisotopic (exact) mass is 282 g/mol. The highest BCUT2D eigenvalue weighted by atomic mass is 16.5. The number of fused-ring (bicyclic) bond motifs is 1. The van der Waals surface area contributed by atoms with Crippen LogP contribution in [0.3, 0.4) is 0 Å². The number of nitrogen functional groups attached to an aromatic ring is 1. The van der Waals surface area contributed by atoms with Crippen LogP contribution in [0.25, 0.3) is 16.6 Å². The Morgan fingerprint density at radius 3 is 2.95 bits per heavy atom. The molecule has 0 aliphatic heterocycles. The third kappa shape index (κ3) is 2.31. The first kappa shape index (κ1) is 13.1. The average Bonchev–Trinajstić information content (AvgIpc) is 2.89. The molecule has 0 spiro atoms. The van der Waals surface area contributed by atoms with Crippen molar-refractivity contribution >= 4 is 22.6 Å². The van der Waals surface area contributed by atoms with Gasteiger partial charge in [-0.15, -0.1) is 0 Å². The van der Waals surface area contributed by atoms with Gasteiger partial charge in [0.1, 0.15) is 0 Å². The van der Waals surface area contributed by atoms with Gasteiger partial charge in [0.15, 0.2) is 5.69 Å². The van der Waals surface area contributed by atoms with Crippen LogP contribution < -0.4 is 5.73 Å². The predicted octanol–water partition coefficient (Wildman–Crippen LogP) is 2.18. The lowest BCUT2D eigenvalue weighted by molar-refractivity contribution is 0.0520. The maximum atomic E-state index is 11.8. The average molecular weight is 282 g/mol. The van der Waals surface area contributed by atoms with Gasteiger partial charge in [-0.05, 0) is 19.1 Å². The Bertz CT molecular complexity index is 805. The number of ether oxygens (including phenoxy) is 1. The van der Waals surface area contributed by atoms with E-state index >= 15 is 0 Å². The van der Waals surface area contributed by atoms with E-state index in [0.29, 0.717) is 0 Å². The Hall–Kier alpha value is -2.89. The Balaban J connectivity index is 2.12. The summed E-state index contributed by atoms with van der Waals surface area (Å²) < 4.78 is 6.51. The van der Waals surface area contributed by atoms with Crippen LogP contribution in [0.2, 0.25) is 0 Å². The summed E-state index contributed by atoms with van der Waals surface area (Å²) in [7, 11) is 0. The van der Waals surface area contributed by atoms with E-state index in [0.717, 1.165) is 16.6 Å². The molecular weight excluding hydrogens is 268 g/mol. The van der Waals surface area contributed by atoms with Crippen molar-refractivity contribution in [2.75, 3.05) is 12.3 Å². The number of nitrogens with two attached hydrogens (primary N) is 1. The fraction of sp³-hybridized carbons (Fsp3) is 0.133. The lowest BCUT2D eigenvalue weighted by Crippen LogP contribution is -2.08. The molecule has 2 N–H and O–H groups in total. The maximum absolute atomic E-state index is 11.8. The van der Waals surface area contributed by atoms with E-state index in [1.165, 1.54) is 0 Å². The standard InChI is InChI=1S/C15H14N4O2/c1-2-21-15(20)14-11(16)9-19(18-14)13-7-8-17-12-6-4-3-5-10(12)13/h3-9H,2,16H2,1H3. The van der Waals surface area contributed by atoms with Gasteiger partial charge in [-0.25, -0.2) is 9.48 Å². The van der Waals surface area contributed by atoms with Crippen LogP contribution in [0.15, 0.2) is 42.7 Å². The summed E-state index contributed by atoms with van der Waals surface area (Å²) in [4.78, 5) is 16.1. The van der Waals surface area contributed by atoms with Gasteiger partial charge in [-0.1, -0.05) is 18.2 Å². The van der Waals surface area contributed by atoms with Crippen LogP contribution in [0.5, 0.6) is 0 Å². The van der Waals surface area contributed by atoms with Crippen molar-refractivity contribution in [2.24, 2.45) is 0 Å². The maximum Gasteiger partial charge on any atom is 0.361 e. The summed E-state index contributed by atoms with van der Waals surface area (Å²) in [6.45, 7) is 2.02. The number of aromatic nitrogens is 3. The van der Waals surface area contributed by atoms with Gasteiger partial charge in [0, 0.05) is 11.6 Å². The number of hydrogen-bond acceptors (Lipinski definition) is 5. The summed E-state index contributed by atoms with van der Waals surface area (Å²) in [6, 6.07) is 9.52. The fourth-order valence-electron chi connectivity index (χ4n) is 2.15. The smallest absolute Gasteiger partial charge is 0.361 e. The first-order chi connectivity index (χ1) is 10.2. The Labute approximate surface area is 121 Å². The van der Waals surface area contributed by atoms with Crippen molar-refractivity contribution < 1.29 is 9.53 Å². The van der Waals surface area contributed by atoms with Gasteiger partial charge < -0.3 is 10.5 Å². The molecular formula is C15H14N4O2. The normalized spacial score (nSPS) is 10.7. The third-order valence-corrected chi connectivity index (χ3v) is 3.08. The quantitative estimate of drug-likeness (QED) is 0.744. The minimum Gasteiger partial charge on any atom is -0.461 e. The summed E-state index contributed by atoms with van der Waals surface area (Å²) >= 11 is 0. The van der Waals surface area contributed by atoms with E-state index in [1.807, 2.05) is 30.3 Å². The molecule has 2 aromatic heterocycles. The molecule has 0 atom stereocenters. The van der Waals surface area contributed by atoms with Gasteiger partial charge in [0.2, 0.25) is 0 Å². The zero-order valence-electron chi connectivity index (χ0n) is 11.5. The molecule has 1 aromatic carbocycles. The topological polar surface area (TPSA) is 83.0 Å². The van der Waals surface area contributed by atoms with E-state index < -0.39 is 5.97 Å². The van der Waals surface area contributed by atoms with Crippen LogP contribution >= 0.6 is 0 Å². The Morgan fingerprint density at radius 1 is 1.33 bits per heavy atom. The fourth-order valence-corrected chi connectivity index (χ4v) is 2.15. The molecule has 3 rings (SSSR count). The van der Waals surface area contributed by atoms with Crippen molar-refractivity contribution in [1.29, 1.82) is 0 Å². The highest BCUT2D eigenvalue weighted by Crippen LogP contribution is 2.22. The first-order valence-corrected chi connectivity index (χ1v) is 6.57. The number of benzene rings is 1. The molecule has 106 valence electrons. The van der Waals surface area contributed by atoms with Crippen LogP contribution in [0.4, 0.5) is 5.69 Å². The van der Waals surface area contributed by atoms with Gasteiger partial charge in [0.25, 0.3) is 0 Å². The Morgan fingerprint density at radius 2 is 2.14 bits per heavy atom. The predicted molar refractivity (Wildman–Crippen MR) is 79.2 cm³/mol. The molecule has 0 saturated heterocycles. The zero-order valence-corrected chi connectivity index (χ0v) is 11.5. The molecule has 0 unspecified atom stereocenters. The number of carbonyl (C=O) groups is 1. The molecule has 0 aliphatic rings. The summed E-state index contributed by atoms with van der Waals surface area (Å²) in [5, 5.41) is 5.17. The SMILES string of the molecule is CCOC(=O)c1nn(-c2ccnc3ccccc23)cc1N. The molecule has 6 nitrogen and oxygen atoms in total. The number of hydrogen-bond donors (Lipinski definition) is 1. The van der Waals surface area contributed by atoms with Crippen molar-refractivity contribution in [2.45, 2.75) is 6.92 Å². The number of anilines is 1. The second-order valence-electron chi connectivity index (χ2n) is 4.45. The molecule has 3 aromatic rings. The molecule has 21 heavy (non-hydrogen) atoms. The lowest BCUT2D eigenvalue weighted by atomic mass is 10.2. The zero-order chi connectivity index (χ0) is 14.8. The van der Waals surface area contributed by atoms with Crippen LogP contribution in [0, 0.1) is 0 Å². The lowest BCUT2D eigenvalue weighted by Gasteiger charge is -2.05.